The second-order valence-corrected chi connectivity index (χ2v) is 7.28. The molecule has 0 aliphatic rings. The minimum atomic E-state index is -3.95. The van der Waals surface area contributed by atoms with E-state index in [2.05, 4.69) is 15.9 Å². The van der Waals surface area contributed by atoms with Crippen LogP contribution in [-0.2, 0) is 19.7 Å². The third-order valence-electron chi connectivity index (χ3n) is 3.27. The molecule has 2 aromatic rings. The number of halogens is 1. The fourth-order valence-electron chi connectivity index (χ4n) is 2.10. The molecule has 0 aliphatic carbocycles. The van der Waals surface area contributed by atoms with E-state index in [-0.39, 0.29) is 4.90 Å². The molecule has 0 bridgehead atoms. The fraction of sp³-hybridized carbons (Fsp3) is 0.188. The summed E-state index contributed by atoms with van der Waals surface area (Å²) in [6, 6.07) is 15.4. The Morgan fingerprint density at radius 1 is 1.13 bits per heavy atom. The SMILES string of the molecule is CCC(C(=O)ONS(=O)(=O)c1ccccc1Br)c1ccccc1. The van der Waals surface area contributed by atoms with Crippen LogP contribution < -0.4 is 4.89 Å². The lowest BCUT2D eigenvalue weighted by molar-refractivity contribution is -0.149. The van der Waals surface area contributed by atoms with Crippen molar-refractivity contribution in [1.29, 1.82) is 0 Å². The van der Waals surface area contributed by atoms with Gasteiger partial charge in [-0.05, 0) is 44.9 Å². The van der Waals surface area contributed by atoms with E-state index in [0.29, 0.717) is 10.9 Å². The number of hydrogen-bond donors (Lipinski definition) is 1. The van der Waals surface area contributed by atoms with E-state index in [1.54, 1.807) is 30.3 Å². The van der Waals surface area contributed by atoms with E-state index in [1.807, 2.05) is 30.0 Å². The molecular formula is C16H16BrNO4S. The Morgan fingerprint density at radius 3 is 2.35 bits per heavy atom. The molecule has 7 heteroatoms. The molecule has 1 N–H and O–H groups in total. The lowest BCUT2D eigenvalue weighted by atomic mass is 9.97. The third kappa shape index (κ3) is 4.40. The summed E-state index contributed by atoms with van der Waals surface area (Å²) >= 11 is 3.16. The maximum atomic E-state index is 12.2. The number of carbonyl (C=O) groups is 1. The first kappa shape index (κ1) is 17.7. The van der Waals surface area contributed by atoms with Gasteiger partial charge in [-0.25, -0.2) is 13.2 Å². The van der Waals surface area contributed by atoms with Crippen molar-refractivity contribution in [3.8, 4) is 0 Å². The Bertz CT molecular complexity index is 778. The van der Waals surface area contributed by atoms with Crippen LogP contribution in [0.1, 0.15) is 24.8 Å². The average molecular weight is 398 g/mol. The number of sulfonamides is 1. The third-order valence-corrected chi connectivity index (χ3v) is 5.46. The van der Waals surface area contributed by atoms with Crippen LogP contribution in [0.4, 0.5) is 0 Å². The van der Waals surface area contributed by atoms with Gasteiger partial charge in [-0.3, -0.25) is 0 Å². The van der Waals surface area contributed by atoms with Crippen LogP contribution >= 0.6 is 15.9 Å². The maximum Gasteiger partial charge on any atom is 0.333 e. The lowest BCUT2D eigenvalue weighted by Crippen LogP contribution is -2.30. The highest BCUT2D eigenvalue weighted by atomic mass is 79.9. The largest absolute Gasteiger partial charge is 0.355 e. The maximum absolute atomic E-state index is 12.2. The number of benzene rings is 2. The summed E-state index contributed by atoms with van der Waals surface area (Å²) in [5.41, 5.74) is 0.778. The summed E-state index contributed by atoms with van der Waals surface area (Å²) in [4.78, 5) is 18.9. The molecule has 122 valence electrons. The molecule has 0 heterocycles. The lowest BCUT2D eigenvalue weighted by Gasteiger charge is -2.14. The quantitative estimate of drug-likeness (QED) is 0.758. The molecule has 2 rings (SSSR count). The molecule has 5 nitrogen and oxygen atoms in total. The summed E-state index contributed by atoms with van der Waals surface area (Å²) in [6.07, 6.45) is 0.500. The molecule has 0 fully saturated rings. The van der Waals surface area contributed by atoms with Crippen molar-refractivity contribution in [2.45, 2.75) is 24.2 Å². The molecular weight excluding hydrogens is 382 g/mol. The van der Waals surface area contributed by atoms with Crippen molar-refractivity contribution in [3.05, 3.63) is 64.6 Å². The topological polar surface area (TPSA) is 72.5 Å². The van der Waals surface area contributed by atoms with E-state index >= 15 is 0 Å². The average Bonchev–Trinajstić information content (AvgIpc) is 2.55. The smallest absolute Gasteiger partial charge is 0.333 e. The molecule has 0 amide bonds. The summed E-state index contributed by atoms with van der Waals surface area (Å²) in [5, 5.41) is 0. The Morgan fingerprint density at radius 2 is 1.74 bits per heavy atom. The van der Waals surface area contributed by atoms with Crippen molar-refractivity contribution >= 4 is 31.9 Å². The van der Waals surface area contributed by atoms with Gasteiger partial charge in [-0.15, -0.1) is 0 Å². The first-order chi connectivity index (χ1) is 11.0. The molecule has 23 heavy (non-hydrogen) atoms. The molecule has 1 atom stereocenters. The van der Waals surface area contributed by atoms with Gasteiger partial charge in [-0.1, -0.05) is 49.4 Å². The molecule has 0 saturated heterocycles. The highest BCUT2D eigenvalue weighted by molar-refractivity contribution is 9.10. The summed E-state index contributed by atoms with van der Waals surface area (Å²) < 4.78 is 24.8. The van der Waals surface area contributed by atoms with Crippen molar-refractivity contribution in [2.75, 3.05) is 0 Å². The van der Waals surface area contributed by atoms with E-state index in [9.17, 15) is 13.2 Å². The highest BCUT2D eigenvalue weighted by Crippen LogP contribution is 2.23. The van der Waals surface area contributed by atoms with E-state index in [1.165, 1.54) is 6.07 Å². The van der Waals surface area contributed by atoms with Gasteiger partial charge in [0, 0.05) is 4.47 Å². The second kappa shape index (κ2) is 7.72. The standard InChI is InChI=1S/C16H16BrNO4S/c1-2-13(12-8-4-3-5-9-12)16(19)22-18-23(20,21)15-11-7-6-10-14(15)17/h3-11,13,18H,2H2,1H3. The molecule has 0 aromatic heterocycles. The summed E-state index contributed by atoms with van der Waals surface area (Å²) in [5.74, 6) is -1.17. The zero-order valence-corrected chi connectivity index (χ0v) is 14.8. The Balaban J connectivity index is 2.10. The fourth-order valence-corrected chi connectivity index (χ4v) is 3.89. The number of nitrogens with one attached hydrogen (secondary N) is 1. The van der Waals surface area contributed by atoms with Crippen LogP contribution in [0, 0.1) is 0 Å². The predicted molar refractivity (Wildman–Crippen MR) is 90.0 cm³/mol. The summed E-state index contributed by atoms with van der Waals surface area (Å²) in [7, 11) is -3.95. The van der Waals surface area contributed by atoms with Crippen LogP contribution in [0.5, 0.6) is 0 Å². The Hall–Kier alpha value is -1.70. The molecule has 0 radical (unpaired) electrons. The molecule has 0 aliphatic heterocycles. The number of hydrogen-bond acceptors (Lipinski definition) is 4. The van der Waals surface area contributed by atoms with Gasteiger partial charge < -0.3 is 4.84 Å². The van der Waals surface area contributed by atoms with E-state index < -0.39 is 21.9 Å². The first-order valence-corrected chi connectivity index (χ1v) is 9.25. The molecule has 2 aromatic carbocycles. The van der Waals surface area contributed by atoms with Crippen molar-refractivity contribution in [1.82, 2.24) is 4.89 Å². The van der Waals surface area contributed by atoms with Gasteiger partial charge in [0.15, 0.2) is 0 Å². The Labute approximate surface area is 143 Å². The van der Waals surface area contributed by atoms with Gasteiger partial charge in [0.1, 0.15) is 0 Å². The van der Waals surface area contributed by atoms with Crippen LogP contribution in [0.15, 0.2) is 64.0 Å². The van der Waals surface area contributed by atoms with E-state index in [0.717, 1.165) is 5.56 Å². The van der Waals surface area contributed by atoms with Gasteiger partial charge in [0.05, 0.1) is 10.8 Å². The minimum absolute atomic E-state index is 0.000518. The van der Waals surface area contributed by atoms with Crippen LogP contribution in [0.25, 0.3) is 0 Å². The van der Waals surface area contributed by atoms with Crippen molar-refractivity contribution in [2.24, 2.45) is 0 Å². The van der Waals surface area contributed by atoms with Gasteiger partial charge in [-0.2, -0.15) is 0 Å². The van der Waals surface area contributed by atoms with Crippen LogP contribution in [0.2, 0.25) is 0 Å². The zero-order chi connectivity index (χ0) is 16.9. The van der Waals surface area contributed by atoms with Gasteiger partial charge in [0.2, 0.25) is 0 Å². The van der Waals surface area contributed by atoms with Crippen LogP contribution in [0.3, 0.4) is 0 Å². The summed E-state index contributed by atoms with van der Waals surface area (Å²) in [6.45, 7) is 1.83. The minimum Gasteiger partial charge on any atom is -0.355 e. The second-order valence-electron chi connectivity index (χ2n) is 4.81. The Kier molecular flexibility index (Phi) is 5.92. The van der Waals surface area contributed by atoms with Crippen molar-refractivity contribution < 1.29 is 18.0 Å². The number of carbonyl (C=O) groups excluding carboxylic acids is 1. The van der Waals surface area contributed by atoms with Crippen molar-refractivity contribution in [3.63, 3.8) is 0 Å². The predicted octanol–water partition coefficient (Wildman–Crippen LogP) is 3.38. The van der Waals surface area contributed by atoms with Gasteiger partial charge in [0.25, 0.3) is 10.0 Å². The first-order valence-electron chi connectivity index (χ1n) is 6.97. The van der Waals surface area contributed by atoms with Crippen LogP contribution in [-0.4, -0.2) is 14.4 Å². The number of rotatable bonds is 6. The molecule has 0 spiro atoms. The molecule has 1 unspecified atom stereocenters. The van der Waals surface area contributed by atoms with E-state index in [4.69, 9.17) is 4.84 Å². The monoisotopic (exact) mass is 397 g/mol. The highest BCUT2D eigenvalue weighted by Gasteiger charge is 2.24. The zero-order valence-electron chi connectivity index (χ0n) is 12.4. The normalized spacial score (nSPS) is 12.6. The van der Waals surface area contributed by atoms with Gasteiger partial charge >= 0.3 is 5.97 Å². The molecule has 0 saturated carbocycles.